The van der Waals surface area contributed by atoms with Gasteiger partial charge in [0.15, 0.2) is 0 Å². The lowest BCUT2D eigenvalue weighted by molar-refractivity contribution is -0.463. The molecule has 0 aromatic rings. The van der Waals surface area contributed by atoms with E-state index in [0.717, 1.165) is 25.7 Å². The van der Waals surface area contributed by atoms with Crippen LogP contribution in [0.3, 0.4) is 0 Å². The minimum Gasteiger partial charge on any atom is -0.237 e. The molecule has 0 spiro atoms. The molecule has 145 valence electrons. The van der Waals surface area contributed by atoms with Crippen molar-refractivity contribution in [2.24, 2.45) is 0 Å². The van der Waals surface area contributed by atoms with Crippen LogP contribution in [0.1, 0.15) is 65.2 Å². The summed E-state index contributed by atoms with van der Waals surface area (Å²) in [6.45, 7) is 6.24. The van der Waals surface area contributed by atoms with Crippen molar-refractivity contribution in [2.75, 3.05) is 33.0 Å². The monoisotopic (exact) mass is 353 g/mol. The Labute approximate surface area is 145 Å². The molecule has 0 fully saturated rings. The van der Waals surface area contributed by atoms with Crippen LogP contribution in [-0.4, -0.2) is 39.3 Å². The summed E-state index contributed by atoms with van der Waals surface area (Å²) >= 11 is 0. The zero-order valence-corrected chi connectivity index (χ0v) is 15.0. The first kappa shape index (κ1) is 23.7. The Morgan fingerprint density at radius 1 is 0.625 bits per heavy atom. The van der Waals surface area contributed by atoms with Crippen LogP contribution in [0.5, 0.6) is 0 Å². The molecular formula is C16H33O8. The second-order valence-corrected chi connectivity index (χ2v) is 5.29. The van der Waals surface area contributed by atoms with Crippen molar-refractivity contribution in [3.63, 3.8) is 0 Å². The summed E-state index contributed by atoms with van der Waals surface area (Å²) < 4.78 is 0. The molecule has 0 aromatic carbocycles. The zero-order chi connectivity index (χ0) is 17.7. The molecule has 0 aliphatic rings. The van der Waals surface area contributed by atoms with E-state index in [4.69, 9.17) is 29.3 Å². The maximum Gasteiger partial charge on any atom is 0.224 e. The van der Waals surface area contributed by atoms with E-state index in [1.165, 1.54) is 0 Å². The second kappa shape index (κ2) is 20.7. The van der Waals surface area contributed by atoms with Crippen LogP contribution in [0, 0.1) is 0 Å². The Kier molecular flexibility index (Phi) is 20.4. The molecule has 0 saturated heterocycles. The molecule has 8 heteroatoms. The maximum atomic E-state index is 9.77. The van der Waals surface area contributed by atoms with Crippen LogP contribution in [0.15, 0.2) is 0 Å². The van der Waals surface area contributed by atoms with Crippen molar-refractivity contribution >= 4 is 0 Å². The van der Waals surface area contributed by atoms with E-state index >= 15 is 0 Å². The first-order chi connectivity index (χ1) is 11.8. The van der Waals surface area contributed by atoms with Crippen LogP contribution in [0.4, 0.5) is 0 Å². The molecule has 0 N–H and O–H groups in total. The third kappa shape index (κ3) is 18.0. The molecule has 0 aliphatic heterocycles. The molecule has 0 aromatic heterocycles. The standard InChI is InChI=1S/C16H33O8/c1-3-5-12-21-23-16(24-22-13-6-4-2)10-9-15-20-19-14-8-7-11-18-17/h16H,3-15H2,1-2H3. The molecule has 0 aliphatic carbocycles. The van der Waals surface area contributed by atoms with E-state index in [2.05, 4.69) is 18.7 Å². The van der Waals surface area contributed by atoms with Crippen molar-refractivity contribution in [1.82, 2.24) is 0 Å². The zero-order valence-electron chi connectivity index (χ0n) is 15.0. The number of rotatable bonds is 20. The van der Waals surface area contributed by atoms with Crippen molar-refractivity contribution in [1.29, 1.82) is 0 Å². The third-order valence-electron chi connectivity index (χ3n) is 2.97. The minimum atomic E-state index is -0.587. The van der Waals surface area contributed by atoms with Gasteiger partial charge in [-0.15, -0.1) is 0 Å². The van der Waals surface area contributed by atoms with E-state index in [1.54, 1.807) is 0 Å². The van der Waals surface area contributed by atoms with Crippen LogP contribution >= 0.6 is 0 Å². The average Bonchev–Trinajstić information content (AvgIpc) is 2.60. The van der Waals surface area contributed by atoms with Gasteiger partial charge in [-0.3, -0.25) is 0 Å². The number of hydrogen-bond donors (Lipinski definition) is 0. The molecule has 0 bridgehead atoms. The van der Waals surface area contributed by atoms with Crippen molar-refractivity contribution in [2.45, 2.75) is 71.5 Å². The van der Waals surface area contributed by atoms with Gasteiger partial charge in [0.05, 0.1) is 33.0 Å². The highest BCUT2D eigenvalue weighted by atomic mass is 17.3. The summed E-state index contributed by atoms with van der Waals surface area (Å²) in [6.07, 6.45) is 5.94. The van der Waals surface area contributed by atoms with Crippen LogP contribution in [0.25, 0.3) is 0 Å². The highest BCUT2D eigenvalue weighted by Gasteiger charge is 2.12. The summed E-state index contributed by atoms with van der Waals surface area (Å²) in [6, 6.07) is 0. The van der Waals surface area contributed by atoms with Gasteiger partial charge in [-0.25, -0.2) is 34.2 Å². The molecule has 0 unspecified atom stereocenters. The highest BCUT2D eigenvalue weighted by Crippen LogP contribution is 2.08. The van der Waals surface area contributed by atoms with E-state index in [9.17, 15) is 5.26 Å². The summed E-state index contributed by atoms with van der Waals surface area (Å²) in [7, 11) is 0. The van der Waals surface area contributed by atoms with Crippen molar-refractivity contribution in [3.8, 4) is 0 Å². The van der Waals surface area contributed by atoms with Gasteiger partial charge in [0.25, 0.3) is 0 Å². The van der Waals surface area contributed by atoms with Crippen LogP contribution < -0.4 is 0 Å². The third-order valence-corrected chi connectivity index (χ3v) is 2.97. The predicted molar refractivity (Wildman–Crippen MR) is 84.7 cm³/mol. The number of hydrogen-bond acceptors (Lipinski definition) is 7. The second-order valence-electron chi connectivity index (χ2n) is 5.29. The fourth-order valence-corrected chi connectivity index (χ4v) is 1.52. The first-order valence-corrected chi connectivity index (χ1v) is 8.90. The normalized spacial score (nSPS) is 11.5. The highest BCUT2D eigenvalue weighted by molar-refractivity contribution is 4.42. The molecular weight excluding hydrogens is 320 g/mol. The SMILES string of the molecule is CCCCOOC(CCCOOCCCCO[O])OOCCCC. The fraction of sp³-hybridized carbons (Fsp3) is 1.00. The molecule has 24 heavy (non-hydrogen) atoms. The summed E-state index contributed by atoms with van der Waals surface area (Å²) in [4.78, 5) is 34.4. The largest absolute Gasteiger partial charge is 0.237 e. The van der Waals surface area contributed by atoms with Gasteiger partial charge in [-0.05, 0) is 37.4 Å². The van der Waals surface area contributed by atoms with Gasteiger partial charge in [0, 0.05) is 6.42 Å². The van der Waals surface area contributed by atoms with Crippen molar-refractivity contribution < 1.29 is 39.5 Å². The summed E-state index contributed by atoms with van der Waals surface area (Å²) in [5.74, 6) is 0. The van der Waals surface area contributed by atoms with E-state index in [1.807, 2.05) is 0 Å². The molecule has 1 radical (unpaired) electrons. The average molecular weight is 353 g/mol. The Morgan fingerprint density at radius 3 is 1.67 bits per heavy atom. The Bertz CT molecular complexity index is 218. The molecule has 0 amide bonds. The van der Waals surface area contributed by atoms with Gasteiger partial charge in [-0.1, -0.05) is 26.7 Å². The summed E-state index contributed by atoms with van der Waals surface area (Å²) in [5, 5.41) is 9.77. The Balaban J connectivity index is 3.62. The lowest BCUT2D eigenvalue weighted by Crippen LogP contribution is -2.19. The van der Waals surface area contributed by atoms with Crippen LogP contribution in [0.2, 0.25) is 0 Å². The first-order valence-electron chi connectivity index (χ1n) is 8.90. The van der Waals surface area contributed by atoms with E-state index in [-0.39, 0.29) is 6.61 Å². The van der Waals surface area contributed by atoms with Crippen molar-refractivity contribution in [3.05, 3.63) is 0 Å². The number of unbranched alkanes of at least 4 members (excludes halogenated alkanes) is 3. The molecule has 0 saturated carbocycles. The van der Waals surface area contributed by atoms with E-state index in [0.29, 0.717) is 52.1 Å². The summed E-state index contributed by atoms with van der Waals surface area (Å²) in [5.41, 5.74) is 0. The van der Waals surface area contributed by atoms with Gasteiger partial charge in [0.2, 0.25) is 6.29 Å². The van der Waals surface area contributed by atoms with Gasteiger partial charge < -0.3 is 0 Å². The predicted octanol–water partition coefficient (Wildman–Crippen LogP) is 3.68. The van der Waals surface area contributed by atoms with Gasteiger partial charge in [-0.2, -0.15) is 0 Å². The Morgan fingerprint density at radius 2 is 1.12 bits per heavy atom. The molecule has 0 heterocycles. The van der Waals surface area contributed by atoms with E-state index < -0.39 is 6.29 Å². The quantitative estimate of drug-likeness (QED) is 0.143. The minimum absolute atomic E-state index is 0.190. The van der Waals surface area contributed by atoms with Gasteiger partial charge >= 0.3 is 0 Å². The maximum absolute atomic E-state index is 9.77. The molecule has 0 rings (SSSR count). The lowest BCUT2D eigenvalue weighted by atomic mass is 10.3. The lowest BCUT2D eigenvalue weighted by Gasteiger charge is -2.16. The van der Waals surface area contributed by atoms with Gasteiger partial charge in [0.1, 0.15) is 0 Å². The topological polar surface area (TPSA) is 84.5 Å². The molecule has 8 nitrogen and oxygen atoms in total. The fourth-order valence-electron chi connectivity index (χ4n) is 1.52. The smallest absolute Gasteiger partial charge is 0.224 e. The Hall–Kier alpha value is -0.320. The van der Waals surface area contributed by atoms with Crippen LogP contribution in [-0.2, 0) is 39.5 Å². The molecule has 0 atom stereocenters.